The molecule has 0 saturated heterocycles. The number of ketones is 1. The fourth-order valence-electron chi connectivity index (χ4n) is 4.32. The van der Waals surface area contributed by atoms with E-state index in [-0.39, 0.29) is 5.78 Å². The molecule has 0 amide bonds. The SMILES string of the molecule is CCC[CH2][Ge]1([CH2]CCC)[C](c2ccc(C)cc2)=CC(=O)c2cccc[c]21. The third-order valence-electron chi connectivity index (χ3n) is 5.78. The van der Waals surface area contributed by atoms with Crippen LogP contribution in [0.5, 0.6) is 0 Å². The van der Waals surface area contributed by atoms with Crippen molar-refractivity contribution in [2.24, 2.45) is 0 Å². The van der Waals surface area contributed by atoms with E-state index in [4.69, 9.17) is 0 Å². The van der Waals surface area contributed by atoms with Gasteiger partial charge in [0.1, 0.15) is 0 Å². The molecule has 0 N–H and O–H groups in total. The summed E-state index contributed by atoms with van der Waals surface area (Å²) in [7, 11) is 0. The Morgan fingerprint density at radius 3 is 2.08 bits per heavy atom. The van der Waals surface area contributed by atoms with Crippen molar-refractivity contribution in [1.82, 2.24) is 0 Å². The van der Waals surface area contributed by atoms with Gasteiger partial charge in [-0.05, 0) is 0 Å². The number of fused-ring (bicyclic) bond motifs is 1. The van der Waals surface area contributed by atoms with Crippen LogP contribution in [-0.2, 0) is 0 Å². The summed E-state index contributed by atoms with van der Waals surface area (Å²) in [5.74, 6) is 0.199. The molecule has 0 spiro atoms. The first kappa shape index (κ1) is 19.2. The maximum absolute atomic E-state index is 12.9. The molecule has 0 saturated carbocycles. The summed E-state index contributed by atoms with van der Waals surface area (Å²) in [5, 5.41) is 2.58. The van der Waals surface area contributed by atoms with E-state index in [9.17, 15) is 4.79 Å². The van der Waals surface area contributed by atoms with E-state index in [0.717, 1.165) is 5.56 Å². The Morgan fingerprint density at radius 2 is 1.46 bits per heavy atom. The average molecular weight is 407 g/mol. The molecule has 0 unspecified atom stereocenters. The summed E-state index contributed by atoms with van der Waals surface area (Å²) in [6, 6.07) is 17.3. The first-order valence-electron chi connectivity index (χ1n) is 10.1. The summed E-state index contributed by atoms with van der Waals surface area (Å²) >= 11 is -2.59. The summed E-state index contributed by atoms with van der Waals surface area (Å²) in [6.07, 6.45) is 6.97. The zero-order chi connectivity index (χ0) is 18.6. The molecule has 1 nitrogen and oxygen atoms in total. The third kappa shape index (κ3) is 3.59. The molecule has 0 aliphatic carbocycles. The quantitative estimate of drug-likeness (QED) is 0.510. The second-order valence-corrected chi connectivity index (χ2v) is 16.5. The van der Waals surface area contributed by atoms with Crippen molar-refractivity contribution in [2.75, 3.05) is 0 Å². The summed E-state index contributed by atoms with van der Waals surface area (Å²) < 4.78 is 2.84. The van der Waals surface area contributed by atoms with E-state index in [2.05, 4.69) is 63.2 Å². The van der Waals surface area contributed by atoms with Crippen molar-refractivity contribution in [3.63, 3.8) is 0 Å². The first-order valence-corrected chi connectivity index (χ1v) is 15.1. The summed E-state index contributed by atoms with van der Waals surface area (Å²) in [6.45, 7) is 6.69. The van der Waals surface area contributed by atoms with Gasteiger partial charge in [-0.2, -0.15) is 0 Å². The second-order valence-electron chi connectivity index (χ2n) is 7.62. The van der Waals surface area contributed by atoms with Gasteiger partial charge in [-0.1, -0.05) is 0 Å². The molecule has 0 atom stereocenters. The summed E-state index contributed by atoms with van der Waals surface area (Å²) in [5.41, 5.74) is 3.54. The number of allylic oxidation sites excluding steroid dienone is 1. The van der Waals surface area contributed by atoms with Crippen molar-refractivity contribution in [2.45, 2.75) is 57.0 Å². The molecule has 136 valence electrons. The first-order chi connectivity index (χ1) is 12.6. The topological polar surface area (TPSA) is 17.1 Å². The fraction of sp³-hybridized carbons (Fsp3) is 0.375. The van der Waals surface area contributed by atoms with Crippen molar-refractivity contribution in [3.8, 4) is 0 Å². The molecule has 2 heteroatoms. The molecule has 0 fully saturated rings. The molecule has 2 aromatic rings. The van der Waals surface area contributed by atoms with Gasteiger partial charge in [-0.25, -0.2) is 0 Å². The third-order valence-corrected chi connectivity index (χ3v) is 17.0. The minimum atomic E-state index is -2.59. The molecule has 2 aromatic carbocycles. The minimum absolute atomic E-state index is 0.199. The molecular weight excluding hydrogens is 377 g/mol. The van der Waals surface area contributed by atoms with Crippen LogP contribution in [0.3, 0.4) is 0 Å². The predicted octanol–water partition coefficient (Wildman–Crippen LogP) is 6.07. The molecule has 0 radical (unpaired) electrons. The van der Waals surface area contributed by atoms with Gasteiger partial charge in [0.05, 0.1) is 0 Å². The van der Waals surface area contributed by atoms with Crippen LogP contribution in [0.2, 0.25) is 10.5 Å². The van der Waals surface area contributed by atoms with E-state index >= 15 is 0 Å². The summed E-state index contributed by atoms with van der Waals surface area (Å²) in [4.78, 5) is 12.9. The van der Waals surface area contributed by atoms with Gasteiger partial charge in [-0.3, -0.25) is 0 Å². The van der Waals surface area contributed by atoms with E-state index in [1.807, 2.05) is 12.1 Å². The molecule has 3 rings (SSSR count). The molecule has 1 heterocycles. The van der Waals surface area contributed by atoms with Gasteiger partial charge in [0.2, 0.25) is 0 Å². The Kier molecular flexibility index (Phi) is 6.18. The van der Waals surface area contributed by atoms with Crippen LogP contribution < -0.4 is 4.40 Å². The molecule has 1 aliphatic heterocycles. The van der Waals surface area contributed by atoms with Gasteiger partial charge < -0.3 is 0 Å². The van der Waals surface area contributed by atoms with Crippen LogP contribution in [-0.4, -0.2) is 19.0 Å². The Morgan fingerprint density at radius 1 is 0.846 bits per heavy atom. The van der Waals surface area contributed by atoms with Crippen LogP contribution in [0, 0.1) is 6.92 Å². The normalized spacial score (nSPS) is 15.5. The van der Waals surface area contributed by atoms with Gasteiger partial charge in [-0.15, -0.1) is 0 Å². The molecule has 26 heavy (non-hydrogen) atoms. The molecule has 0 aromatic heterocycles. The van der Waals surface area contributed by atoms with Crippen LogP contribution >= 0.6 is 0 Å². The van der Waals surface area contributed by atoms with E-state index in [0.29, 0.717) is 0 Å². The standard InChI is InChI=1S/C24H30GeO/c1-4-6-16-25(17-7-5-2)22-11-9-8-10-21(22)24(26)18-23(25)20-14-12-19(3)13-15-20/h8-15,18H,4-7,16-17H2,1-3H3. The fourth-order valence-corrected chi connectivity index (χ4v) is 16.5. The Balaban J connectivity index is 2.21. The van der Waals surface area contributed by atoms with Gasteiger partial charge in [0.25, 0.3) is 0 Å². The number of aryl methyl sites for hydroxylation is 1. The Hall–Kier alpha value is -1.61. The Bertz CT molecular complexity index is 793. The number of rotatable bonds is 7. The number of hydrogen-bond donors (Lipinski definition) is 0. The zero-order valence-corrected chi connectivity index (χ0v) is 18.4. The van der Waals surface area contributed by atoms with Crippen molar-refractivity contribution < 1.29 is 4.79 Å². The predicted molar refractivity (Wildman–Crippen MR) is 115 cm³/mol. The monoisotopic (exact) mass is 408 g/mol. The van der Waals surface area contributed by atoms with Crippen LogP contribution in [0.4, 0.5) is 0 Å². The van der Waals surface area contributed by atoms with Gasteiger partial charge in [0, 0.05) is 0 Å². The second kappa shape index (κ2) is 8.39. The van der Waals surface area contributed by atoms with E-state index < -0.39 is 13.3 Å². The maximum atomic E-state index is 12.9. The van der Waals surface area contributed by atoms with Crippen LogP contribution in [0.25, 0.3) is 4.41 Å². The number of carbonyl (C=O) groups excluding carboxylic acids is 1. The molecule has 0 bridgehead atoms. The van der Waals surface area contributed by atoms with E-state index in [1.165, 1.54) is 56.1 Å². The number of benzene rings is 2. The van der Waals surface area contributed by atoms with Crippen LogP contribution in [0.15, 0.2) is 54.6 Å². The van der Waals surface area contributed by atoms with Gasteiger partial charge in [0.15, 0.2) is 0 Å². The zero-order valence-electron chi connectivity index (χ0n) is 16.3. The van der Waals surface area contributed by atoms with Crippen molar-refractivity contribution in [1.29, 1.82) is 0 Å². The Labute approximate surface area is 160 Å². The molecular formula is C24H30GeO. The van der Waals surface area contributed by atoms with Crippen LogP contribution in [0.1, 0.15) is 61.0 Å². The molecule has 1 aliphatic rings. The van der Waals surface area contributed by atoms with Gasteiger partial charge >= 0.3 is 161 Å². The number of unbranched alkanes of at least 4 members (excludes halogenated alkanes) is 2. The van der Waals surface area contributed by atoms with Crippen molar-refractivity contribution in [3.05, 3.63) is 71.3 Å². The number of hydrogen-bond acceptors (Lipinski definition) is 1. The average Bonchev–Trinajstić information content (AvgIpc) is 2.67. The number of carbonyl (C=O) groups is 1. The van der Waals surface area contributed by atoms with Crippen molar-refractivity contribution >= 4 is 27.9 Å². The van der Waals surface area contributed by atoms with E-state index in [1.54, 1.807) is 0 Å².